The highest BCUT2D eigenvalue weighted by Crippen LogP contribution is 2.09. The third kappa shape index (κ3) is 5.25. The summed E-state index contributed by atoms with van der Waals surface area (Å²) in [6.07, 6.45) is 5.58. The highest BCUT2D eigenvalue weighted by molar-refractivity contribution is 5.45. The third-order valence-electron chi connectivity index (χ3n) is 2.32. The lowest BCUT2D eigenvalue weighted by atomic mass is 10.1. The van der Waals surface area contributed by atoms with E-state index in [0.717, 1.165) is 18.2 Å². The van der Waals surface area contributed by atoms with Crippen molar-refractivity contribution in [3.63, 3.8) is 0 Å². The molecule has 0 atom stereocenters. The molecule has 3 heteroatoms. The molecule has 15 heavy (non-hydrogen) atoms. The summed E-state index contributed by atoms with van der Waals surface area (Å²) >= 11 is 0. The molecular weight excluding hydrogens is 186 g/mol. The summed E-state index contributed by atoms with van der Waals surface area (Å²) < 4.78 is 0. The van der Waals surface area contributed by atoms with Crippen LogP contribution in [0.25, 0.3) is 0 Å². The molecule has 84 valence electrons. The van der Waals surface area contributed by atoms with E-state index in [9.17, 15) is 0 Å². The number of rotatable bonds is 6. The molecule has 0 saturated heterocycles. The van der Waals surface area contributed by atoms with Crippen molar-refractivity contribution in [1.82, 2.24) is 4.98 Å². The lowest BCUT2D eigenvalue weighted by Gasteiger charge is -2.07. The Bertz CT molecular complexity index is 267. The minimum atomic E-state index is 0.570. The largest absolute Gasteiger partial charge is 0.384 e. The van der Waals surface area contributed by atoms with Crippen molar-refractivity contribution >= 4 is 11.5 Å². The standard InChI is InChI=1S/C12H21N3/c1-10(2)5-3-4-8-14-11-6-7-12(13)15-9-11/h6-7,9-10,14H,3-5,8H2,1-2H3,(H2,13,15). The van der Waals surface area contributed by atoms with Gasteiger partial charge in [0.15, 0.2) is 0 Å². The van der Waals surface area contributed by atoms with Crippen LogP contribution in [0, 0.1) is 5.92 Å². The maximum atomic E-state index is 5.50. The van der Waals surface area contributed by atoms with Crippen molar-refractivity contribution in [1.29, 1.82) is 0 Å². The first-order valence-corrected chi connectivity index (χ1v) is 5.64. The van der Waals surface area contributed by atoms with Gasteiger partial charge in [-0.05, 0) is 24.5 Å². The third-order valence-corrected chi connectivity index (χ3v) is 2.32. The van der Waals surface area contributed by atoms with Crippen molar-refractivity contribution in [3.8, 4) is 0 Å². The van der Waals surface area contributed by atoms with Gasteiger partial charge in [0, 0.05) is 6.54 Å². The Morgan fingerprint density at radius 3 is 2.73 bits per heavy atom. The fourth-order valence-corrected chi connectivity index (χ4v) is 1.42. The first kappa shape index (κ1) is 11.8. The second kappa shape index (κ2) is 6.27. The van der Waals surface area contributed by atoms with E-state index >= 15 is 0 Å². The number of anilines is 2. The molecule has 0 fully saturated rings. The van der Waals surface area contributed by atoms with Crippen LogP contribution in [0.1, 0.15) is 33.1 Å². The molecule has 1 heterocycles. The first-order valence-electron chi connectivity index (χ1n) is 5.64. The van der Waals surface area contributed by atoms with E-state index in [1.54, 1.807) is 6.20 Å². The Labute approximate surface area is 92.1 Å². The summed E-state index contributed by atoms with van der Waals surface area (Å²) in [6, 6.07) is 3.78. The van der Waals surface area contributed by atoms with Gasteiger partial charge in [-0.2, -0.15) is 0 Å². The van der Waals surface area contributed by atoms with Gasteiger partial charge in [0.2, 0.25) is 0 Å². The molecule has 0 unspecified atom stereocenters. The number of aromatic nitrogens is 1. The van der Waals surface area contributed by atoms with Gasteiger partial charge in [0.1, 0.15) is 5.82 Å². The van der Waals surface area contributed by atoms with Crippen LogP contribution in [-0.2, 0) is 0 Å². The number of nitrogen functional groups attached to an aromatic ring is 1. The number of pyridine rings is 1. The van der Waals surface area contributed by atoms with Crippen molar-refractivity contribution < 1.29 is 0 Å². The second-order valence-electron chi connectivity index (χ2n) is 4.29. The summed E-state index contributed by atoms with van der Waals surface area (Å²) in [6.45, 7) is 5.53. The molecule has 0 radical (unpaired) electrons. The lowest BCUT2D eigenvalue weighted by molar-refractivity contribution is 0.545. The molecule has 0 bridgehead atoms. The van der Waals surface area contributed by atoms with Crippen LogP contribution in [0.3, 0.4) is 0 Å². The number of hydrogen-bond acceptors (Lipinski definition) is 3. The molecule has 0 aliphatic carbocycles. The zero-order valence-corrected chi connectivity index (χ0v) is 9.66. The van der Waals surface area contributed by atoms with Gasteiger partial charge in [-0.15, -0.1) is 0 Å². The molecule has 0 aliphatic rings. The molecule has 0 amide bonds. The van der Waals surface area contributed by atoms with E-state index in [-0.39, 0.29) is 0 Å². The highest BCUT2D eigenvalue weighted by atomic mass is 14.9. The lowest BCUT2D eigenvalue weighted by Crippen LogP contribution is -2.02. The quantitative estimate of drug-likeness (QED) is 0.705. The summed E-state index contributed by atoms with van der Waals surface area (Å²) in [5.41, 5.74) is 6.55. The predicted molar refractivity (Wildman–Crippen MR) is 65.8 cm³/mol. The normalized spacial score (nSPS) is 10.6. The monoisotopic (exact) mass is 207 g/mol. The van der Waals surface area contributed by atoms with Crippen LogP contribution in [0.4, 0.5) is 11.5 Å². The van der Waals surface area contributed by atoms with E-state index in [0.29, 0.717) is 5.82 Å². The Balaban J connectivity index is 2.12. The summed E-state index contributed by atoms with van der Waals surface area (Å²) in [5.74, 6) is 1.38. The summed E-state index contributed by atoms with van der Waals surface area (Å²) in [7, 11) is 0. The van der Waals surface area contributed by atoms with Crippen LogP contribution < -0.4 is 11.1 Å². The van der Waals surface area contributed by atoms with Gasteiger partial charge in [-0.25, -0.2) is 4.98 Å². The Hall–Kier alpha value is -1.25. The van der Waals surface area contributed by atoms with Crippen molar-refractivity contribution in [2.45, 2.75) is 33.1 Å². The first-order chi connectivity index (χ1) is 7.18. The number of nitrogens with zero attached hydrogens (tertiary/aromatic N) is 1. The van der Waals surface area contributed by atoms with E-state index < -0.39 is 0 Å². The van der Waals surface area contributed by atoms with Gasteiger partial charge in [-0.1, -0.05) is 26.7 Å². The maximum absolute atomic E-state index is 5.50. The molecule has 3 nitrogen and oxygen atoms in total. The Kier molecular flexibility index (Phi) is 4.95. The highest BCUT2D eigenvalue weighted by Gasteiger charge is 1.95. The van der Waals surface area contributed by atoms with E-state index in [1.165, 1.54) is 19.3 Å². The van der Waals surface area contributed by atoms with Crippen LogP contribution in [0.2, 0.25) is 0 Å². The van der Waals surface area contributed by atoms with Gasteiger partial charge >= 0.3 is 0 Å². The van der Waals surface area contributed by atoms with Crippen LogP contribution >= 0.6 is 0 Å². The molecule has 0 saturated carbocycles. The minimum Gasteiger partial charge on any atom is -0.384 e. The number of nitrogens with two attached hydrogens (primary N) is 1. The molecule has 1 rings (SSSR count). The van der Waals surface area contributed by atoms with Crippen LogP contribution in [-0.4, -0.2) is 11.5 Å². The molecular formula is C12H21N3. The fraction of sp³-hybridized carbons (Fsp3) is 0.583. The molecule has 0 aromatic carbocycles. The van der Waals surface area contributed by atoms with E-state index in [1.807, 2.05) is 12.1 Å². The summed E-state index contributed by atoms with van der Waals surface area (Å²) in [5, 5.41) is 3.33. The minimum absolute atomic E-state index is 0.570. The van der Waals surface area contributed by atoms with Crippen molar-refractivity contribution in [3.05, 3.63) is 18.3 Å². The number of nitrogens with one attached hydrogen (secondary N) is 1. The average Bonchev–Trinajstić information content (AvgIpc) is 2.20. The van der Waals surface area contributed by atoms with Crippen LogP contribution in [0.5, 0.6) is 0 Å². The molecule has 3 N–H and O–H groups in total. The Morgan fingerprint density at radius 1 is 1.33 bits per heavy atom. The van der Waals surface area contributed by atoms with Gasteiger partial charge in [0.05, 0.1) is 11.9 Å². The van der Waals surface area contributed by atoms with E-state index in [4.69, 9.17) is 5.73 Å². The maximum Gasteiger partial charge on any atom is 0.123 e. The number of hydrogen-bond donors (Lipinski definition) is 2. The summed E-state index contributed by atoms with van der Waals surface area (Å²) in [4.78, 5) is 4.02. The second-order valence-corrected chi connectivity index (χ2v) is 4.29. The van der Waals surface area contributed by atoms with E-state index in [2.05, 4.69) is 24.1 Å². The van der Waals surface area contributed by atoms with Gasteiger partial charge < -0.3 is 11.1 Å². The average molecular weight is 207 g/mol. The fourth-order valence-electron chi connectivity index (χ4n) is 1.42. The number of unbranched alkanes of at least 4 members (excludes halogenated alkanes) is 1. The molecule has 1 aromatic rings. The van der Waals surface area contributed by atoms with Gasteiger partial charge in [0.25, 0.3) is 0 Å². The zero-order chi connectivity index (χ0) is 11.1. The predicted octanol–water partition coefficient (Wildman–Crippen LogP) is 2.90. The van der Waals surface area contributed by atoms with Gasteiger partial charge in [-0.3, -0.25) is 0 Å². The Morgan fingerprint density at radius 2 is 2.13 bits per heavy atom. The van der Waals surface area contributed by atoms with Crippen molar-refractivity contribution in [2.75, 3.05) is 17.6 Å². The smallest absolute Gasteiger partial charge is 0.123 e. The molecule has 0 spiro atoms. The molecule has 1 aromatic heterocycles. The molecule has 0 aliphatic heterocycles. The van der Waals surface area contributed by atoms with Crippen LogP contribution in [0.15, 0.2) is 18.3 Å². The zero-order valence-electron chi connectivity index (χ0n) is 9.66. The SMILES string of the molecule is CC(C)CCCCNc1ccc(N)nc1. The topological polar surface area (TPSA) is 50.9 Å². The van der Waals surface area contributed by atoms with Crippen molar-refractivity contribution in [2.24, 2.45) is 5.92 Å².